The summed E-state index contributed by atoms with van der Waals surface area (Å²) in [7, 11) is 0. The molecule has 2 fully saturated rings. The SMILES string of the molecule is CCO[C@@]1(C)C[C@@H]2C[C@H]1CC(=O)[C@@H]2C. The first-order valence-electron chi connectivity index (χ1n) is 5.73. The van der Waals surface area contributed by atoms with Crippen molar-refractivity contribution in [2.75, 3.05) is 6.61 Å². The lowest BCUT2D eigenvalue weighted by Gasteiger charge is -2.31. The Morgan fingerprint density at radius 2 is 2.29 bits per heavy atom. The molecular weight excluding hydrogens is 176 g/mol. The van der Waals surface area contributed by atoms with Crippen molar-refractivity contribution in [2.24, 2.45) is 17.8 Å². The zero-order valence-corrected chi connectivity index (χ0v) is 9.38. The Labute approximate surface area is 86.0 Å². The Hall–Kier alpha value is -0.370. The fourth-order valence-electron chi connectivity index (χ4n) is 3.26. The first-order chi connectivity index (χ1) is 6.57. The van der Waals surface area contributed by atoms with E-state index in [-0.39, 0.29) is 11.5 Å². The van der Waals surface area contributed by atoms with Crippen LogP contribution in [0.5, 0.6) is 0 Å². The van der Waals surface area contributed by atoms with Gasteiger partial charge in [0, 0.05) is 18.9 Å². The second-order valence-corrected chi connectivity index (χ2v) is 5.10. The molecule has 0 aromatic heterocycles. The number of fused-ring (bicyclic) bond motifs is 2. The summed E-state index contributed by atoms with van der Waals surface area (Å²) in [4.78, 5) is 11.7. The number of Topliss-reactive ketones (excluding diaryl/α,β-unsaturated/α-hetero) is 1. The predicted molar refractivity (Wildman–Crippen MR) is 55.0 cm³/mol. The first-order valence-corrected chi connectivity index (χ1v) is 5.73. The van der Waals surface area contributed by atoms with Crippen LogP contribution >= 0.6 is 0 Å². The minimum absolute atomic E-state index is 0.0141. The quantitative estimate of drug-likeness (QED) is 0.678. The molecule has 14 heavy (non-hydrogen) atoms. The zero-order chi connectivity index (χ0) is 10.3. The summed E-state index contributed by atoms with van der Waals surface area (Å²) < 4.78 is 5.85. The fourth-order valence-corrected chi connectivity index (χ4v) is 3.26. The molecule has 0 aromatic carbocycles. The van der Waals surface area contributed by atoms with E-state index >= 15 is 0 Å². The van der Waals surface area contributed by atoms with Crippen LogP contribution in [0.1, 0.15) is 40.0 Å². The van der Waals surface area contributed by atoms with Crippen molar-refractivity contribution in [3.63, 3.8) is 0 Å². The lowest BCUT2D eigenvalue weighted by molar-refractivity contribution is -0.127. The van der Waals surface area contributed by atoms with Crippen molar-refractivity contribution in [2.45, 2.75) is 45.6 Å². The minimum Gasteiger partial charge on any atom is -0.375 e. The van der Waals surface area contributed by atoms with E-state index in [2.05, 4.69) is 13.8 Å². The Kier molecular flexibility index (Phi) is 2.42. The summed E-state index contributed by atoms with van der Waals surface area (Å²) in [6.45, 7) is 7.08. The number of carbonyl (C=O) groups excluding carboxylic acids is 1. The highest BCUT2D eigenvalue weighted by molar-refractivity contribution is 5.82. The van der Waals surface area contributed by atoms with E-state index in [1.807, 2.05) is 6.92 Å². The average Bonchev–Trinajstić information content (AvgIpc) is 2.38. The zero-order valence-electron chi connectivity index (χ0n) is 9.38. The van der Waals surface area contributed by atoms with Gasteiger partial charge in [0.05, 0.1) is 5.60 Å². The summed E-state index contributed by atoms with van der Waals surface area (Å²) >= 11 is 0. The van der Waals surface area contributed by atoms with Gasteiger partial charge in [0.25, 0.3) is 0 Å². The van der Waals surface area contributed by atoms with Crippen LogP contribution in [0.25, 0.3) is 0 Å². The molecule has 2 saturated carbocycles. The molecule has 0 radical (unpaired) electrons. The van der Waals surface area contributed by atoms with Crippen LogP contribution < -0.4 is 0 Å². The number of ketones is 1. The molecule has 4 atom stereocenters. The molecule has 0 aromatic rings. The van der Waals surface area contributed by atoms with Crippen molar-refractivity contribution in [1.29, 1.82) is 0 Å². The monoisotopic (exact) mass is 196 g/mol. The number of hydrogen-bond acceptors (Lipinski definition) is 2. The number of carbonyl (C=O) groups is 1. The van der Waals surface area contributed by atoms with Crippen LogP contribution in [0.15, 0.2) is 0 Å². The van der Waals surface area contributed by atoms with Crippen molar-refractivity contribution in [1.82, 2.24) is 0 Å². The van der Waals surface area contributed by atoms with Crippen molar-refractivity contribution in [3.8, 4) is 0 Å². The molecule has 0 heterocycles. The lowest BCUT2D eigenvalue weighted by Crippen LogP contribution is -2.34. The Morgan fingerprint density at radius 1 is 1.57 bits per heavy atom. The van der Waals surface area contributed by atoms with Gasteiger partial charge >= 0.3 is 0 Å². The van der Waals surface area contributed by atoms with Crippen LogP contribution in [0, 0.1) is 17.8 Å². The molecule has 2 nitrogen and oxygen atoms in total. The van der Waals surface area contributed by atoms with Gasteiger partial charge in [-0.05, 0) is 38.5 Å². The average molecular weight is 196 g/mol. The molecule has 0 amide bonds. The van der Waals surface area contributed by atoms with E-state index in [0.717, 1.165) is 19.4 Å². The third-order valence-corrected chi connectivity index (χ3v) is 4.25. The summed E-state index contributed by atoms with van der Waals surface area (Å²) in [5.74, 6) is 1.79. The molecular formula is C12H20O2. The Balaban J connectivity index is 2.17. The van der Waals surface area contributed by atoms with Crippen LogP contribution in [0.4, 0.5) is 0 Å². The maximum absolute atomic E-state index is 11.7. The maximum atomic E-state index is 11.7. The largest absolute Gasteiger partial charge is 0.375 e. The van der Waals surface area contributed by atoms with Crippen LogP contribution in [-0.4, -0.2) is 18.0 Å². The summed E-state index contributed by atoms with van der Waals surface area (Å²) in [6, 6.07) is 0. The van der Waals surface area contributed by atoms with Gasteiger partial charge in [0.1, 0.15) is 5.78 Å². The highest BCUT2D eigenvalue weighted by Crippen LogP contribution is 2.50. The first kappa shape index (κ1) is 10.2. The highest BCUT2D eigenvalue weighted by atomic mass is 16.5. The molecule has 2 aliphatic rings. The van der Waals surface area contributed by atoms with E-state index in [0.29, 0.717) is 17.6 Å². The summed E-state index contributed by atoms with van der Waals surface area (Å²) in [6.07, 6.45) is 3.02. The number of rotatable bonds is 2. The van der Waals surface area contributed by atoms with Crippen LogP contribution in [-0.2, 0) is 9.53 Å². The topological polar surface area (TPSA) is 26.3 Å². The molecule has 0 saturated heterocycles. The molecule has 80 valence electrons. The molecule has 2 heteroatoms. The molecule has 2 rings (SSSR count). The van der Waals surface area contributed by atoms with E-state index in [4.69, 9.17) is 4.74 Å². The molecule has 0 spiro atoms. The predicted octanol–water partition coefficient (Wildman–Crippen LogP) is 2.42. The molecule has 0 aliphatic heterocycles. The molecule has 2 bridgehead atoms. The third-order valence-electron chi connectivity index (χ3n) is 4.25. The van der Waals surface area contributed by atoms with E-state index in [1.54, 1.807) is 0 Å². The fraction of sp³-hybridized carbons (Fsp3) is 0.917. The maximum Gasteiger partial charge on any atom is 0.136 e. The third kappa shape index (κ3) is 1.40. The lowest BCUT2D eigenvalue weighted by atomic mass is 9.79. The van der Waals surface area contributed by atoms with E-state index in [9.17, 15) is 4.79 Å². The van der Waals surface area contributed by atoms with Crippen molar-refractivity contribution >= 4 is 5.78 Å². The van der Waals surface area contributed by atoms with Gasteiger partial charge in [0.2, 0.25) is 0 Å². The normalized spacial score (nSPS) is 47.1. The van der Waals surface area contributed by atoms with Gasteiger partial charge in [0.15, 0.2) is 0 Å². The van der Waals surface area contributed by atoms with Gasteiger partial charge in [-0.15, -0.1) is 0 Å². The van der Waals surface area contributed by atoms with Gasteiger partial charge < -0.3 is 4.74 Å². The van der Waals surface area contributed by atoms with Gasteiger partial charge in [-0.3, -0.25) is 4.79 Å². The molecule has 2 aliphatic carbocycles. The summed E-state index contributed by atoms with van der Waals surface area (Å²) in [5, 5.41) is 0. The Bertz CT molecular complexity index is 249. The van der Waals surface area contributed by atoms with Crippen LogP contribution in [0.3, 0.4) is 0 Å². The van der Waals surface area contributed by atoms with Gasteiger partial charge in [-0.1, -0.05) is 6.92 Å². The second kappa shape index (κ2) is 3.34. The highest BCUT2D eigenvalue weighted by Gasteiger charge is 2.51. The van der Waals surface area contributed by atoms with E-state index < -0.39 is 0 Å². The number of ether oxygens (including phenoxy) is 1. The standard InChI is InChI=1S/C12H20O2/c1-4-14-12(3)7-9-5-10(12)6-11(13)8(9)2/h8-10H,4-7H2,1-3H3/t8-,9+,10+,12+/m1/s1. The van der Waals surface area contributed by atoms with E-state index in [1.165, 1.54) is 6.42 Å². The van der Waals surface area contributed by atoms with Crippen LogP contribution in [0.2, 0.25) is 0 Å². The van der Waals surface area contributed by atoms with Crippen molar-refractivity contribution in [3.05, 3.63) is 0 Å². The molecule has 0 N–H and O–H groups in total. The minimum atomic E-state index is -0.0141. The number of hydrogen-bond donors (Lipinski definition) is 0. The summed E-state index contributed by atoms with van der Waals surface area (Å²) in [5.41, 5.74) is -0.0141. The second-order valence-electron chi connectivity index (χ2n) is 5.10. The smallest absolute Gasteiger partial charge is 0.136 e. The Morgan fingerprint density at radius 3 is 2.93 bits per heavy atom. The van der Waals surface area contributed by atoms with Gasteiger partial charge in [-0.25, -0.2) is 0 Å². The molecule has 0 unspecified atom stereocenters. The van der Waals surface area contributed by atoms with Gasteiger partial charge in [-0.2, -0.15) is 0 Å². The van der Waals surface area contributed by atoms with Crippen molar-refractivity contribution < 1.29 is 9.53 Å².